The summed E-state index contributed by atoms with van der Waals surface area (Å²) in [5.41, 5.74) is 5.76. The van der Waals surface area contributed by atoms with Crippen molar-refractivity contribution in [3.8, 4) is 0 Å². The van der Waals surface area contributed by atoms with Crippen molar-refractivity contribution >= 4 is 33.4 Å². The summed E-state index contributed by atoms with van der Waals surface area (Å²) in [6, 6.07) is 5.83. The molecule has 0 radical (unpaired) electrons. The van der Waals surface area contributed by atoms with Crippen LogP contribution in [0.1, 0.15) is 30.3 Å². The maximum absolute atomic E-state index is 12.5. The number of sulfonamides is 1. The zero-order chi connectivity index (χ0) is 21.0. The number of rotatable bonds is 6. The van der Waals surface area contributed by atoms with Gasteiger partial charge in [-0.25, -0.2) is 23.2 Å². The number of carbonyl (C=O) groups excluding carboxylic acids is 2. The van der Waals surface area contributed by atoms with E-state index in [0.717, 1.165) is 12.8 Å². The lowest BCUT2D eigenvalue weighted by Gasteiger charge is -2.16. The number of esters is 1. The van der Waals surface area contributed by atoms with Crippen molar-refractivity contribution in [2.45, 2.75) is 30.8 Å². The molecule has 1 aliphatic heterocycles. The number of ether oxygens (including phenoxy) is 1. The molecule has 0 saturated carbocycles. The summed E-state index contributed by atoms with van der Waals surface area (Å²) in [6.07, 6.45) is 3.19. The highest BCUT2D eigenvalue weighted by Crippen LogP contribution is 2.22. The maximum atomic E-state index is 12.5. The van der Waals surface area contributed by atoms with E-state index >= 15 is 0 Å². The summed E-state index contributed by atoms with van der Waals surface area (Å²) < 4.78 is 31.5. The molecule has 3 rings (SSSR count). The Labute approximate surface area is 168 Å². The van der Waals surface area contributed by atoms with Crippen LogP contribution in [0.4, 0.5) is 11.5 Å². The van der Waals surface area contributed by atoms with E-state index in [-0.39, 0.29) is 16.4 Å². The molecule has 154 valence electrons. The van der Waals surface area contributed by atoms with Crippen LogP contribution < -0.4 is 11.1 Å². The minimum atomic E-state index is -3.52. The van der Waals surface area contributed by atoms with E-state index in [9.17, 15) is 18.0 Å². The SMILES string of the molecule is CC(OC(=O)c1nccnc1N)C(=O)Nc1ccc(S(=O)(=O)N2CCCC2)cc1. The molecule has 1 fully saturated rings. The van der Waals surface area contributed by atoms with Gasteiger partial charge in [0, 0.05) is 31.2 Å². The van der Waals surface area contributed by atoms with E-state index in [1.807, 2.05) is 0 Å². The van der Waals surface area contributed by atoms with Gasteiger partial charge in [0.05, 0.1) is 4.90 Å². The fourth-order valence-corrected chi connectivity index (χ4v) is 4.32. The number of carbonyl (C=O) groups is 2. The molecule has 10 nitrogen and oxygen atoms in total. The number of hydrogen-bond acceptors (Lipinski definition) is 8. The molecular formula is C18H21N5O5S. The number of aromatic nitrogens is 2. The van der Waals surface area contributed by atoms with Gasteiger partial charge in [-0.1, -0.05) is 0 Å². The molecule has 1 aliphatic rings. The molecule has 11 heteroatoms. The summed E-state index contributed by atoms with van der Waals surface area (Å²) in [5, 5.41) is 2.57. The molecule has 0 spiro atoms. The van der Waals surface area contributed by atoms with Crippen LogP contribution in [-0.4, -0.2) is 53.8 Å². The minimum Gasteiger partial charge on any atom is -0.448 e. The van der Waals surface area contributed by atoms with Crippen molar-refractivity contribution in [3.63, 3.8) is 0 Å². The first-order valence-electron chi connectivity index (χ1n) is 8.97. The monoisotopic (exact) mass is 419 g/mol. The van der Waals surface area contributed by atoms with Crippen LogP contribution >= 0.6 is 0 Å². The van der Waals surface area contributed by atoms with E-state index in [1.165, 1.54) is 47.9 Å². The molecule has 1 aromatic heterocycles. The summed E-state index contributed by atoms with van der Waals surface area (Å²) >= 11 is 0. The van der Waals surface area contributed by atoms with E-state index in [2.05, 4.69) is 15.3 Å². The summed E-state index contributed by atoms with van der Waals surface area (Å²) in [5.74, 6) is -1.55. The number of nitrogens with one attached hydrogen (secondary N) is 1. The van der Waals surface area contributed by atoms with Crippen LogP contribution in [-0.2, 0) is 19.6 Å². The van der Waals surface area contributed by atoms with Crippen molar-refractivity contribution < 1.29 is 22.7 Å². The highest BCUT2D eigenvalue weighted by Gasteiger charge is 2.27. The number of nitrogens with zero attached hydrogens (tertiary/aromatic N) is 3. The Morgan fingerprint density at radius 1 is 1.14 bits per heavy atom. The highest BCUT2D eigenvalue weighted by atomic mass is 32.2. The van der Waals surface area contributed by atoms with Gasteiger partial charge in [0.2, 0.25) is 10.0 Å². The van der Waals surface area contributed by atoms with Crippen LogP contribution in [0.15, 0.2) is 41.6 Å². The van der Waals surface area contributed by atoms with Crippen molar-refractivity contribution in [2.24, 2.45) is 0 Å². The van der Waals surface area contributed by atoms with Crippen LogP contribution in [0, 0.1) is 0 Å². The zero-order valence-electron chi connectivity index (χ0n) is 15.7. The predicted octanol–water partition coefficient (Wildman–Crippen LogP) is 1.03. The zero-order valence-corrected chi connectivity index (χ0v) is 16.6. The van der Waals surface area contributed by atoms with E-state index in [4.69, 9.17) is 10.5 Å². The molecule has 2 aromatic rings. The van der Waals surface area contributed by atoms with Gasteiger partial charge < -0.3 is 15.8 Å². The number of benzene rings is 1. The molecule has 0 aliphatic carbocycles. The van der Waals surface area contributed by atoms with Gasteiger partial charge in [0.25, 0.3) is 5.91 Å². The number of hydrogen-bond donors (Lipinski definition) is 2. The van der Waals surface area contributed by atoms with Crippen molar-refractivity contribution in [1.29, 1.82) is 0 Å². The number of anilines is 2. The molecule has 1 amide bonds. The van der Waals surface area contributed by atoms with E-state index in [0.29, 0.717) is 18.8 Å². The van der Waals surface area contributed by atoms with Gasteiger partial charge in [0.1, 0.15) is 0 Å². The quantitative estimate of drug-likeness (QED) is 0.661. The van der Waals surface area contributed by atoms with Gasteiger partial charge in [0.15, 0.2) is 17.6 Å². The first kappa shape index (κ1) is 20.7. The van der Waals surface area contributed by atoms with Gasteiger partial charge in [-0.3, -0.25) is 4.79 Å². The van der Waals surface area contributed by atoms with Crippen LogP contribution in [0.5, 0.6) is 0 Å². The van der Waals surface area contributed by atoms with Crippen molar-refractivity contribution in [3.05, 3.63) is 42.4 Å². The lowest BCUT2D eigenvalue weighted by Crippen LogP contribution is -2.30. The molecule has 0 bridgehead atoms. The van der Waals surface area contributed by atoms with Crippen LogP contribution in [0.3, 0.4) is 0 Å². The molecule has 2 heterocycles. The minimum absolute atomic E-state index is 0.0973. The predicted molar refractivity (Wildman–Crippen MR) is 104 cm³/mol. The van der Waals surface area contributed by atoms with Gasteiger partial charge in [-0.15, -0.1) is 0 Å². The third-order valence-corrected chi connectivity index (χ3v) is 6.31. The smallest absolute Gasteiger partial charge is 0.361 e. The van der Waals surface area contributed by atoms with Gasteiger partial charge in [-0.05, 0) is 44.0 Å². The molecule has 3 N–H and O–H groups in total. The second-order valence-corrected chi connectivity index (χ2v) is 8.40. The Morgan fingerprint density at radius 2 is 1.76 bits per heavy atom. The van der Waals surface area contributed by atoms with Crippen molar-refractivity contribution in [2.75, 3.05) is 24.1 Å². The highest BCUT2D eigenvalue weighted by molar-refractivity contribution is 7.89. The number of amides is 1. The Hall–Kier alpha value is -3.05. The molecule has 1 unspecified atom stereocenters. The van der Waals surface area contributed by atoms with E-state index in [1.54, 1.807) is 0 Å². The lowest BCUT2D eigenvalue weighted by molar-refractivity contribution is -0.123. The van der Waals surface area contributed by atoms with E-state index < -0.39 is 28.0 Å². The molecule has 1 saturated heterocycles. The first-order valence-corrected chi connectivity index (χ1v) is 10.4. The number of nitrogens with two attached hydrogens (primary N) is 1. The summed E-state index contributed by atoms with van der Waals surface area (Å²) in [4.78, 5) is 32.0. The molecule has 1 aromatic carbocycles. The van der Waals surface area contributed by atoms with Crippen LogP contribution in [0.25, 0.3) is 0 Å². The maximum Gasteiger partial charge on any atom is 0.361 e. The Balaban J connectivity index is 1.61. The molecule has 1 atom stereocenters. The average molecular weight is 419 g/mol. The third kappa shape index (κ3) is 4.69. The topological polar surface area (TPSA) is 145 Å². The Kier molecular flexibility index (Phi) is 6.09. The van der Waals surface area contributed by atoms with Crippen LogP contribution in [0.2, 0.25) is 0 Å². The third-order valence-electron chi connectivity index (χ3n) is 4.40. The molecule has 29 heavy (non-hydrogen) atoms. The first-order chi connectivity index (χ1) is 13.8. The number of nitrogen functional groups attached to an aromatic ring is 1. The van der Waals surface area contributed by atoms with Gasteiger partial charge >= 0.3 is 5.97 Å². The Bertz CT molecular complexity index is 1000. The summed E-state index contributed by atoms with van der Waals surface area (Å²) in [6.45, 7) is 2.42. The largest absolute Gasteiger partial charge is 0.448 e. The summed E-state index contributed by atoms with van der Waals surface area (Å²) in [7, 11) is -3.52. The Morgan fingerprint density at radius 3 is 2.38 bits per heavy atom. The van der Waals surface area contributed by atoms with Gasteiger partial charge in [-0.2, -0.15) is 4.31 Å². The molecular weight excluding hydrogens is 398 g/mol. The average Bonchev–Trinajstić information content (AvgIpc) is 3.24. The fourth-order valence-electron chi connectivity index (χ4n) is 2.81. The van der Waals surface area contributed by atoms with Crippen molar-refractivity contribution in [1.82, 2.24) is 14.3 Å². The second kappa shape index (κ2) is 8.53. The lowest BCUT2D eigenvalue weighted by atomic mass is 10.3. The fraction of sp³-hybridized carbons (Fsp3) is 0.333. The normalized spacial score (nSPS) is 15.6. The standard InChI is InChI=1S/C18H21N5O5S/c1-12(28-18(25)15-16(19)21-9-8-20-15)17(24)22-13-4-6-14(7-5-13)29(26,27)23-10-2-3-11-23/h4-9,12H,2-3,10-11H2,1H3,(H2,19,21)(H,22,24). The second-order valence-electron chi connectivity index (χ2n) is 6.46.